The molecular weight excluding hydrogens is 459 g/mol. The van der Waals surface area contributed by atoms with Crippen LogP contribution < -0.4 is 5.56 Å². The molecular formula is C25H30F3N5O2. The SMILES string of the molecule is C=C(C)[C@@H](CC(=O)N(CC)CCCCn1cnc2c(-c3ccccc3)n(C)nc2c1=O)C(F)(F)F. The number of fused-ring (bicyclic) bond motifs is 1. The highest BCUT2D eigenvalue weighted by Gasteiger charge is 2.41. The molecule has 188 valence electrons. The Labute approximate surface area is 201 Å². The van der Waals surface area contributed by atoms with Crippen molar-refractivity contribution in [3.05, 3.63) is 59.2 Å². The Morgan fingerprint density at radius 3 is 2.46 bits per heavy atom. The molecule has 0 unspecified atom stereocenters. The molecule has 1 atom stereocenters. The van der Waals surface area contributed by atoms with Crippen LogP contribution in [0.3, 0.4) is 0 Å². The number of aryl methyl sites for hydroxylation is 2. The van der Waals surface area contributed by atoms with Crippen molar-refractivity contribution in [3.63, 3.8) is 0 Å². The number of aromatic nitrogens is 4. The van der Waals surface area contributed by atoms with E-state index >= 15 is 0 Å². The van der Waals surface area contributed by atoms with Gasteiger partial charge in [-0.1, -0.05) is 42.5 Å². The number of amides is 1. The molecule has 2 aromatic heterocycles. The molecule has 0 fully saturated rings. The molecule has 0 bridgehead atoms. The van der Waals surface area contributed by atoms with Crippen LogP contribution in [-0.4, -0.2) is 49.4 Å². The van der Waals surface area contributed by atoms with Crippen molar-refractivity contribution >= 4 is 16.9 Å². The molecule has 1 amide bonds. The zero-order valence-corrected chi connectivity index (χ0v) is 20.2. The summed E-state index contributed by atoms with van der Waals surface area (Å²) in [4.78, 5) is 31.3. The lowest BCUT2D eigenvalue weighted by molar-refractivity contribution is -0.171. The van der Waals surface area contributed by atoms with Crippen LogP contribution in [0.2, 0.25) is 0 Å². The van der Waals surface area contributed by atoms with E-state index in [0.717, 1.165) is 11.3 Å². The van der Waals surface area contributed by atoms with Gasteiger partial charge in [0, 0.05) is 38.7 Å². The van der Waals surface area contributed by atoms with Gasteiger partial charge in [0.15, 0.2) is 5.52 Å². The number of benzene rings is 1. The van der Waals surface area contributed by atoms with E-state index in [1.807, 2.05) is 30.3 Å². The predicted octanol–water partition coefficient (Wildman–Crippen LogP) is 4.57. The normalized spacial score (nSPS) is 12.6. The lowest BCUT2D eigenvalue weighted by atomic mass is 9.96. The van der Waals surface area contributed by atoms with Crippen LogP contribution >= 0.6 is 0 Å². The standard InChI is InChI=1S/C25H30F3N5O2/c1-5-32(20(34)15-19(17(2)3)25(26,27)28)13-9-10-14-33-16-29-21-22(24(33)35)30-31(4)23(21)18-11-7-6-8-12-18/h6-8,11-12,16,19H,2,5,9-10,13-15H2,1,3-4H3/t19-/m1/s1. The summed E-state index contributed by atoms with van der Waals surface area (Å²) in [6, 6.07) is 9.57. The Kier molecular flexibility index (Phi) is 8.14. The number of unbranched alkanes of at least 4 members (excludes halogenated alkanes) is 1. The lowest BCUT2D eigenvalue weighted by Gasteiger charge is -2.25. The minimum Gasteiger partial charge on any atom is -0.343 e. The van der Waals surface area contributed by atoms with E-state index in [-0.39, 0.29) is 16.6 Å². The summed E-state index contributed by atoms with van der Waals surface area (Å²) < 4.78 is 42.7. The topological polar surface area (TPSA) is 73.0 Å². The Morgan fingerprint density at radius 2 is 1.86 bits per heavy atom. The average molecular weight is 490 g/mol. The number of alkyl halides is 3. The molecule has 0 radical (unpaired) electrons. The number of hydrogen-bond acceptors (Lipinski definition) is 4. The van der Waals surface area contributed by atoms with E-state index in [9.17, 15) is 22.8 Å². The fourth-order valence-corrected chi connectivity index (χ4v) is 4.09. The number of allylic oxidation sites excluding steroid dienone is 1. The first-order chi connectivity index (χ1) is 16.5. The average Bonchev–Trinajstić information content (AvgIpc) is 3.15. The summed E-state index contributed by atoms with van der Waals surface area (Å²) in [5.74, 6) is -2.40. The van der Waals surface area contributed by atoms with Gasteiger partial charge in [0.2, 0.25) is 5.91 Å². The minimum absolute atomic E-state index is 0.0749. The molecule has 35 heavy (non-hydrogen) atoms. The second-order valence-corrected chi connectivity index (χ2v) is 8.60. The van der Waals surface area contributed by atoms with Crippen molar-refractivity contribution in [2.24, 2.45) is 13.0 Å². The van der Waals surface area contributed by atoms with Crippen LogP contribution in [0.4, 0.5) is 13.2 Å². The number of carbonyl (C=O) groups is 1. The van der Waals surface area contributed by atoms with E-state index in [0.29, 0.717) is 38.0 Å². The molecule has 7 nitrogen and oxygen atoms in total. The first-order valence-electron chi connectivity index (χ1n) is 11.5. The first-order valence-corrected chi connectivity index (χ1v) is 11.5. The maximum atomic E-state index is 13.2. The van der Waals surface area contributed by atoms with E-state index in [1.54, 1.807) is 18.7 Å². The van der Waals surface area contributed by atoms with Gasteiger partial charge in [0.25, 0.3) is 5.56 Å². The number of hydrogen-bond donors (Lipinski definition) is 0. The highest BCUT2D eigenvalue weighted by atomic mass is 19.4. The number of nitrogens with zero attached hydrogens (tertiary/aromatic N) is 5. The maximum absolute atomic E-state index is 13.2. The largest absolute Gasteiger partial charge is 0.395 e. The Balaban J connectivity index is 1.64. The van der Waals surface area contributed by atoms with Gasteiger partial charge >= 0.3 is 6.18 Å². The molecule has 1 aromatic carbocycles. The predicted molar refractivity (Wildman–Crippen MR) is 129 cm³/mol. The molecule has 0 N–H and O–H groups in total. The van der Waals surface area contributed by atoms with Crippen molar-refractivity contribution < 1.29 is 18.0 Å². The van der Waals surface area contributed by atoms with Gasteiger partial charge in [0.1, 0.15) is 5.52 Å². The smallest absolute Gasteiger partial charge is 0.343 e. The van der Waals surface area contributed by atoms with Gasteiger partial charge in [-0.25, -0.2) is 4.98 Å². The summed E-state index contributed by atoms with van der Waals surface area (Å²) in [6.07, 6.45) is -2.57. The third-order valence-electron chi connectivity index (χ3n) is 6.04. The zero-order chi connectivity index (χ0) is 25.8. The molecule has 2 heterocycles. The van der Waals surface area contributed by atoms with Crippen molar-refractivity contribution in [2.75, 3.05) is 13.1 Å². The molecule has 0 aliphatic rings. The lowest BCUT2D eigenvalue weighted by Crippen LogP contribution is -2.36. The van der Waals surface area contributed by atoms with Crippen LogP contribution in [0.15, 0.2) is 53.6 Å². The maximum Gasteiger partial charge on any atom is 0.395 e. The van der Waals surface area contributed by atoms with Crippen LogP contribution in [0.1, 0.15) is 33.1 Å². The summed E-state index contributed by atoms with van der Waals surface area (Å²) in [6.45, 7) is 7.38. The summed E-state index contributed by atoms with van der Waals surface area (Å²) in [5, 5.41) is 4.37. The molecule has 0 saturated heterocycles. The van der Waals surface area contributed by atoms with E-state index in [4.69, 9.17) is 0 Å². The molecule has 10 heteroatoms. The highest BCUT2D eigenvalue weighted by Crippen LogP contribution is 2.34. The van der Waals surface area contributed by atoms with Gasteiger partial charge in [-0.15, -0.1) is 0 Å². The molecule has 0 saturated carbocycles. The van der Waals surface area contributed by atoms with Crippen molar-refractivity contribution in [1.82, 2.24) is 24.2 Å². The van der Waals surface area contributed by atoms with Gasteiger partial charge in [-0.2, -0.15) is 18.3 Å². The second kappa shape index (κ2) is 10.9. The van der Waals surface area contributed by atoms with Crippen molar-refractivity contribution in [2.45, 2.75) is 45.8 Å². The fourth-order valence-electron chi connectivity index (χ4n) is 4.09. The number of rotatable bonds is 10. The number of carbonyl (C=O) groups excluding carboxylic acids is 1. The van der Waals surface area contributed by atoms with Crippen molar-refractivity contribution in [3.8, 4) is 11.3 Å². The van der Waals surface area contributed by atoms with Crippen LogP contribution in [-0.2, 0) is 18.4 Å². The molecule has 0 spiro atoms. The highest BCUT2D eigenvalue weighted by molar-refractivity contribution is 5.89. The van der Waals surface area contributed by atoms with Crippen molar-refractivity contribution in [1.29, 1.82) is 0 Å². The van der Waals surface area contributed by atoms with Crippen LogP contribution in [0, 0.1) is 5.92 Å². The van der Waals surface area contributed by atoms with E-state index in [1.165, 1.54) is 22.7 Å². The Morgan fingerprint density at radius 1 is 1.17 bits per heavy atom. The summed E-state index contributed by atoms with van der Waals surface area (Å²) in [5.41, 5.74) is 2.14. The molecule has 3 rings (SSSR count). The van der Waals surface area contributed by atoms with Gasteiger partial charge in [-0.05, 0) is 26.7 Å². The zero-order valence-electron chi connectivity index (χ0n) is 20.2. The third kappa shape index (κ3) is 5.98. The van der Waals surface area contributed by atoms with Gasteiger partial charge in [0.05, 0.1) is 17.9 Å². The Bertz CT molecular complexity index is 1250. The third-order valence-corrected chi connectivity index (χ3v) is 6.04. The monoisotopic (exact) mass is 489 g/mol. The van der Waals surface area contributed by atoms with Gasteiger partial charge < -0.3 is 4.90 Å². The summed E-state index contributed by atoms with van der Waals surface area (Å²) >= 11 is 0. The van der Waals surface area contributed by atoms with E-state index < -0.39 is 24.4 Å². The fraction of sp³-hybridized carbons (Fsp3) is 0.440. The minimum atomic E-state index is -4.50. The quantitative estimate of drug-likeness (QED) is 0.309. The molecule has 3 aromatic rings. The van der Waals surface area contributed by atoms with Gasteiger partial charge in [-0.3, -0.25) is 18.8 Å². The van der Waals surface area contributed by atoms with E-state index in [2.05, 4.69) is 16.7 Å². The Hall–Kier alpha value is -3.43. The van der Waals surface area contributed by atoms with Crippen LogP contribution in [0.5, 0.6) is 0 Å². The number of halogens is 3. The first kappa shape index (κ1) is 26.2. The van der Waals surface area contributed by atoms with Crippen LogP contribution in [0.25, 0.3) is 22.3 Å². The second-order valence-electron chi connectivity index (χ2n) is 8.60. The summed E-state index contributed by atoms with van der Waals surface area (Å²) in [7, 11) is 1.77. The molecule has 0 aliphatic carbocycles. The molecule has 0 aliphatic heterocycles.